The van der Waals surface area contributed by atoms with Crippen LogP contribution in [0.2, 0.25) is 0 Å². The molecule has 118 valence electrons. The molecule has 0 saturated heterocycles. The molecule has 0 amide bonds. The van der Waals surface area contributed by atoms with Crippen molar-refractivity contribution in [3.05, 3.63) is 30.0 Å². The lowest BCUT2D eigenvalue weighted by molar-refractivity contribution is -0.141. The third-order valence-corrected chi connectivity index (χ3v) is 3.99. The normalized spacial score (nSPS) is 10.5. The number of benzene rings is 1. The van der Waals surface area contributed by atoms with E-state index in [0.717, 1.165) is 15.5 Å². The lowest BCUT2D eigenvalue weighted by atomic mass is 10.2. The Hall–Kier alpha value is -2.15. The van der Waals surface area contributed by atoms with Crippen molar-refractivity contribution in [1.29, 1.82) is 0 Å². The summed E-state index contributed by atoms with van der Waals surface area (Å²) in [7, 11) is 1.62. The number of esters is 1. The quantitative estimate of drug-likeness (QED) is 0.619. The highest BCUT2D eigenvalue weighted by molar-refractivity contribution is 7.99. The van der Waals surface area contributed by atoms with Gasteiger partial charge in [-0.3, -0.25) is 4.79 Å². The Morgan fingerprint density at radius 1 is 1.45 bits per heavy atom. The molecule has 0 spiro atoms. The number of aromatic nitrogens is 1. The third-order valence-electron chi connectivity index (χ3n) is 2.85. The molecule has 0 unspecified atom stereocenters. The van der Waals surface area contributed by atoms with Crippen LogP contribution < -0.4 is 10.5 Å². The summed E-state index contributed by atoms with van der Waals surface area (Å²) < 4.78 is 15.4. The first-order chi connectivity index (χ1) is 10.6. The maximum absolute atomic E-state index is 10.7. The fourth-order valence-corrected chi connectivity index (χ4v) is 2.78. The van der Waals surface area contributed by atoms with Gasteiger partial charge in [0.25, 0.3) is 0 Å². The van der Waals surface area contributed by atoms with Gasteiger partial charge in [-0.05, 0) is 24.6 Å². The number of anilines is 1. The first-order valence-corrected chi connectivity index (χ1v) is 7.61. The van der Waals surface area contributed by atoms with Crippen LogP contribution in [0.1, 0.15) is 19.1 Å². The van der Waals surface area contributed by atoms with Crippen molar-refractivity contribution in [3.63, 3.8) is 0 Å². The van der Waals surface area contributed by atoms with Crippen LogP contribution in [-0.4, -0.2) is 24.8 Å². The number of rotatable bonds is 7. The molecule has 0 aliphatic heterocycles. The number of carbonyl (C=O) groups is 1. The number of ether oxygens (including phenoxy) is 2. The van der Waals surface area contributed by atoms with Crippen molar-refractivity contribution in [3.8, 4) is 5.75 Å². The Bertz CT molecular complexity index is 642. The van der Waals surface area contributed by atoms with Gasteiger partial charge in [0.15, 0.2) is 11.6 Å². The molecule has 22 heavy (non-hydrogen) atoms. The largest absolute Gasteiger partial charge is 0.497 e. The zero-order valence-electron chi connectivity index (χ0n) is 12.5. The molecule has 1 heterocycles. The maximum Gasteiger partial charge on any atom is 0.302 e. The SMILES string of the molecule is COc1cccc(Sc2c(N)noc2CCCOC(C)=O)c1. The van der Waals surface area contributed by atoms with E-state index in [9.17, 15) is 4.79 Å². The Labute approximate surface area is 132 Å². The Morgan fingerprint density at radius 3 is 3.00 bits per heavy atom. The minimum absolute atomic E-state index is 0.289. The van der Waals surface area contributed by atoms with Crippen LogP contribution in [0.15, 0.2) is 38.6 Å². The van der Waals surface area contributed by atoms with Gasteiger partial charge in [-0.2, -0.15) is 0 Å². The van der Waals surface area contributed by atoms with Crippen LogP contribution in [0.25, 0.3) is 0 Å². The van der Waals surface area contributed by atoms with Gasteiger partial charge in [-0.25, -0.2) is 0 Å². The molecule has 1 aromatic heterocycles. The second kappa shape index (κ2) is 7.74. The van der Waals surface area contributed by atoms with E-state index in [2.05, 4.69) is 5.16 Å². The number of methoxy groups -OCH3 is 1. The fraction of sp³-hybridized carbons (Fsp3) is 0.333. The Kier molecular flexibility index (Phi) is 5.71. The number of hydrogen-bond acceptors (Lipinski definition) is 7. The summed E-state index contributed by atoms with van der Waals surface area (Å²) in [5.74, 6) is 1.53. The van der Waals surface area contributed by atoms with Crippen molar-refractivity contribution in [2.45, 2.75) is 29.6 Å². The van der Waals surface area contributed by atoms with E-state index < -0.39 is 0 Å². The van der Waals surface area contributed by atoms with Crippen LogP contribution in [0.4, 0.5) is 5.82 Å². The Balaban J connectivity index is 2.03. The fourth-order valence-electron chi connectivity index (χ4n) is 1.83. The molecule has 2 rings (SSSR count). The molecule has 0 fully saturated rings. The molecule has 0 saturated carbocycles. The summed E-state index contributed by atoms with van der Waals surface area (Å²) in [4.78, 5) is 12.5. The van der Waals surface area contributed by atoms with Gasteiger partial charge < -0.3 is 19.7 Å². The van der Waals surface area contributed by atoms with Crippen LogP contribution in [0.3, 0.4) is 0 Å². The summed E-state index contributed by atoms with van der Waals surface area (Å²) in [6, 6.07) is 7.66. The van der Waals surface area contributed by atoms with Gasteiger partial charge >= 0.3 is 5.97 Å². The minimum atomic E-state index is -0.289. The average Bonchev–Trinajstić information content (AvgIpc) is 2.84. The lowest BCUT2D eigenvalue weighted by Gasteiger charge is -2.05. The van der Waals surface area contributed by atoms with Crippen LogP contribution in [0, 0.1) is 0 Å². The molecule has 0 atom stereocenters. The van der Waals surface area contributed by atoms with E-state index in [1.807, 2.05) is 24.3 Å². The van der Waals surface area contributed by atoms with Crippen molar-refractivity contribution in [2.24, 2.45) is 0 Å². The van der Waals surface area contributed by atoms with Crippen molar-refractivity contribution in [2.75, 3.05) is 19.5 Å². The molecular formula is C15H18N2O4S. The molecule has 0 radical (unpaired) electrons. The van der Waals surface area contributed by atoms with Crippen molar-refractivity contribution in [1.82, 2.24) is 5.16 Å². The third kappa shape index (κ3) is 4.42. The highest BCUT2D eigenvalue weighted by Gasteiger charge is 2.15. The van der Waals surface area contributed by atoms with Gasteiger partial charge in [0.2, 0.25) is 0 Å². The molecular weight excluding hydrogens is 304 g/mol. The van der Waals surface area contributed by atoms with Gasteiger partial charge in [-0.1, -0.05) is 23.0 Å². The molecule has 2 aromatic rings. The molecule has 2 N–H and O–H groups in total. The van der Waals surface area contributed by atoms with E-state index in [1.54, 1.807) is 7.11 Å². The molecule has 1 aromatic carbocycles. The monoisotopic (exact) mass is 322 g/mol. The van der Waals surface area contributed by atoms with E-state index in [-0.39, 0.29) is 5.97 Å². The number of aryl methyl sites for hydroxylation is 1. The number of carbonyl (C=O) groups excluding carboxylic acids is 1. The number of nitrogen functional groups attached to an aromatic ring is 1. The number of nitrogens with two attached hydrogens (primary N) is 1. The predicted octanol–water partition coefficient (Wildman–Crippen LogP) is 2.91. The summed E-state index contributed by atoms with van der Waals surface area (Å²) in [6.45, 7) is 1.73. The zero-order valence-corrected chi connectivity index (χ0v) is 13.3. The van der Waals surface area contributed by atoms with Gasteiger partial charge in [0, 0.05) is 18.2 Å². The Morgan fingerprint density at radius 2 is 2.27 bits per heavy atom. The summed E-state index contributed by atoms with van der Waals surface area (Å²) >= 11 is 1.47. The minimum Gasteiger partial charge on any atom is -0.497 e. The predicted molar refractivity (Wildman–Crippen MR) is 83.0 cm³/mol. The molecule has 0 aliphatic rings. The average molecular weight is 322 g/mol. The second-order valence-electron chi connectivity index (χ2n) is 4.54. The second-order valence-corrected chi connectivity index (χ2v) is 5.63. The number of nitrogens with zero attached hydrogens (tertiary/aromatic N) is 1. The molecule has 7 heteroatoms. The highest BCUT2D eigenvalue weighted by atomic mass is 32.2. The molecule has 0 bridgehead atoms. The van der Waals surface area contributed by atoms with Crippen LogP contribution in [0.5, 0.6) is 5.75 Å². The van der Waals surface area contributed by atoms with Crippen molar-refractivity contribution < 1.29 is 18.8 Å². The highest BCUT2D eigenvalue weighted by Crippen LogP contribution is 2.36. The van der Waals surface area contributed by atoms with E-state index in [1.165, 1.54) is 18.7 Å². The lowest BCUT2D eigenvalue weighted by Crippen LogP contribution is -2.01. The summed E-state index contributed by atoms with van der Waals surface area (Å²) in [5, 5.41) is 3.81. The maximum atomic E-state index is 10.7. The summed E-state index contributed by atoms with van der Waals surface area (Å²) in [6.07, 6.45) is 1.25. The van der Waals surface area contributed by atoms with E-state index in [0.29, 0.717) is 31.0 Å². The van der Waals surface area contributed by atoms with Crippen LogP contribution >= 0.6 is 11.8 Å². The first kappa shape index (κ1) is 16.2. The van der Waals surface area contributed by atoms with Gasteiger partial charge in [0.05, 0.1) is 18.6 Å². The summed E-state index contributed by atoms with van der Waals surface area (Å²) in [5.41, 5.74) is 5.87. The molecule has 0 aliphatic carbocycles. The first-order valence-electron chi connectivity index (χ1n) is 6.79. The van der Waals surface area contributed by atoms with Gasteiger partial charge in [0.1, 0.15) is 5.75 Å². The van der Waals surface area contributed by atoms with Crippen molar-refractivity contribution >= 4 is 23.5 Å². The smallest absolute Gasteiger partial charge is 0.302 e. The van der Waals surface area contributed by atoms with E-state index in [4.69, 9.17) is 19.7 Å². The topological polar surface area (TPSA) is 87.6 Å². The van der Waals surface area contributed by atoms with Crippen LogP contribution in [-0.2, 0) is 16.0 Å². The van der Waals surface area contributed by atoms with Gasteiger partial charge in [-0.15, -0.1) is 0 Å². The standard InChI is InChI=1S/C15H18N2O4S/c1-10(18)20-8-4-7-13-14(15(16)17-21-13)22-12-6-3-5-11(9-12)19-2/h3,5-6,9H,4,7-8H2,1-2H3,(H2,16,17). The number of hydrogen-bond donors (Lipinski definition) is 1. The van der Waals surface area contributed by atoms with E-state index >= 15 is 0 Å². The molecule has 6 nitrogen and oxygen atoms in total. The zero-order chi connectivity index (χ0) is 15.9.